The molecule has 0 bridgehead atoms. The summed E-state index contributed by atoms with van der Waals surface area (Å²) >= 11 is 0. The zero-order chi connectivity index (χ0) is 13.1. The number of hydrogen-bond donors (Lipinski definition) is 1. The summed E-state index contributed by atoms with van der Waals surface area (Å²) in [5.41, 5.74) is 0.594. The van der Waals surface area contributed by atoms with E-state index in [1.54, 1.807) is 0 Å². The molecule has 1 saturated carbocycles. The summed E-state index contributed by atoms with van der Waals surface area (Å²) in [6, 6.07) is 0.790. The monoisotopic (exact) mass is 266 g/mol. The lowest BCUT2D eigenvalue weighted by molar-refractivity contribution is -0.0109. The molecule has 0 aromatic heterocycles. The predicted molar refractivity (Wildman–Crippen MR) is 78.4 cm³/mol. The van der Waals surface area contributed by atoms with E-state index in [-0.39, 0.29) is 0 Å². The molecule has 3 rings (SSSR count). The van der Waals surface area contributed by atoms with E-state index in [0.717, 1.165) is 6.04 Å². The smallest absolute Gasteiger partial charge is 0.0586 e. The summed E-state index contributed by atoms with van der Waals surface area (Å²) < 4.78 is 5.61. The van der Waals surface area contributed by atoms with E-state index >= 15 is 0 Å². The predicted octanol–water partition coefficient (Wildman–Crippen LogP) is 2.41. The van der Waals surface area contributed by atoms with Crippen molar-refractivity contribution in [2.24, 2.45) is 5.41 Å². The van der Waals surface area contributed by atoms with Gasteiger partial charge in [0.05, 0.1) is 6.10 Å². The Labute approximate surface area is 118 Å². The lowest BCUT2D eigenvalue weighted by Crippen LogP contribution is -2.54. The Morgan fingerprint density at radius 1 is 1.16 bits per heavy atom. The van der Waals surface area contributed by atoms with Crippen LogP contribution in [0.2, 0.25) is 0 Å². The van der Waals surface area contributed by atoms with Gasteiger partial charge in [-0.3, -0.25) is 4.90 Å². The fourth-order valence-electron chi connectivity index (χ4n) is 4.60. The molecule has 0 aromatic carbocycles. The molecule has 19 heavy (non-hydrogen) atoms. The summed E-state index contributed by atoms with van der Waals surface area (Å²) in [6.07, 6.45) is 11.5. The lowest BCUT2D eigenvalue weighted by Gasteiger charge is -2.49. The van der Waals surface area contributed by atoms with E-state index in [1.165, 1.54) is 77.5 Å². The van der Waals surface area contributed by atoms with E-state index in [0.29, 0.717) is 11.5 Å². The second-order valence-corrected chi connectivity index (χ2v) is 7.03. The first-order valence-electron chi connectivity index (χ1n) is 8.29. The Morgan fingerprint density at radius 2 is 2.05 bits per heavy atom. The Kier molecular flexibility index (Phi) is 4.45. The van der Waals surface area contributed by atoms with Crippen LogP contribution in [0.15, 0.2) is 0 Å². The van der Waals surface area contributed by atoms with Gasteiger partial charge in [-0.15, -0.1) is 0 Å². The maximum Gasteiger partial charge on any atom is 0.0586 e. The van der Waals surface area contributed by atoms with Crippen LogP contribution in [0, 0.1) is 5.41 Å². The molecule has 0 aromatic rings. The van der Waals surface area contributed by atoms with Crippen molar-refractivity contribution in [3.8, 4) is 0 Å². The van der Waals surface area contributed by atoms with Crippen molar-refractivity contribution in [1.82, 2.24) is 10.2 Å². The van der Waals surface area contributed by atoms with Crippen molar-refractivity contribution < 1.29 is 4.74 Å². The number of likely N-dealkylation sites (tertiary alicyclic amines) is 1. The molecule has 1 N–H and O–H groups in total. The van der Waals surface area contributed by atoms with Crippen LogP contribution in [-0.2, 0) is 4.74 Å². The van der Waals surface area contributed by atoms with Crippen LogP contribution in [0.1, 0.15) is 51.4 Å². The molecular formula is C16H30N2O. The van der Waals surface area contributed by atoms with Crippen LogP contribution in [0.3, 0.4) is 0 Å². The number of nitrogens with zero attached hydrogens (tertiary/aromatic N) is 1. The minimum absolute atomic E-state index is 0.515. The van der Waals surface area contributed by atoms with Gasteiger partial charge in [0, 0.05) is 26.2 Å². The molecule has 1 spiro atoms. The molecular weight excluding hydrogens is 236 g/mol. The summed E-state index contributed by atoms with van der Waals surface area (Å²) in [4.78, 5) is 2.81. The molecule has 1 aliphatic carbocycles. The van der Waals surface area contributed by atoms with Crippen LogP contribution in [-0.4, -0.2) is 50.3 Å². The summed E-state index contributed by atoms with van der Waals surface area (Å²) in [5.74, 6) is 0. The summed E-state index contributed by atoms with van der Waals surface area (Å²) in [5, 5.41) is 3.64. The Bertz CT molecular complexity index is 283. The first kappa shape index (κ1) is 13.8. The molecule has 3 nitrogen and oxygen atoms in total. The quantitative estimate of drug-likeness (QED) is 0.830. The second-order valence-electron chi connectivity index (χ2n) is 7.03. The Hall–Kier alpha value is -0.120. The van der Waals surface area contributed by atoms with Crippen LogP contribution >= 0.6 is 0 Å². The van der Waals surface area contributed by atoms with Crippen LogP contribution in [0.5, 0.6) is 0 Å². The number of ether oxygens (including phenoxy) is 1. The van der Waals surface area contributed by atoms with Crippen molar-refractivity contribution in [1.29, 1.82) is 0 Å². The minimum Gasteiger partial charge on any atom is -0.381 e. The van der Waals surface area contributed by atoms with Gasteiger partial charge in [-0.1, -0.05) is 0 Å². The maximum absolute atomic E-state index is 5.61. The lowest BCUT2D eigenvalue weighted by atomic mass is 9.73. The van der Waals surface area contributed by atoms with E-state index in [1.807, 2.05) is 7.11 Å². The standard InChI is InChI=1S/C16H30N2O/c1-19-15-6-2-5-14(11-15)18-10-4-8-16(13-18)7-3-9-17-12-16/h14-15,17H,2-13H2,1H3. The highest BCUT2D eigenvalue weighted by atomic mass is 16.5. The van der Waals surface area contributed by atoms with Crippen LogP contribution in [0.25, 0.3) is 0 Å². The van der Waals surface area contributed by atoms with Gasteiger partial charge >= 0.3 is 0 Å². The van der Waals surface area contributed by atoms with E-state index in [9.17, 15) is 0 Å². The number of methoxy groups -OCH3 is 1. The molecule has 2 saturated heterocycles. The second kappa shape index (κ2) is 6.11. The molecule has 3 atom stereocenters. The largest absolute Gasteiger partial charge is 0.381 e. The van der Waals surface area contributed by atoms with E-state index in [4.69, 9.17) is 4.74 Å². The van der Waals surface area contributed by atoms with Gasteiger partial charge in [-0.25, -0.2) is 0 Å². The highest BCUT2D eigenvalue weighted by Gasteiger charge is 2.39. The zero-order valence-corrected chi connectivity index (χ0v) is 12.5. The molecule has 0 radical (unpaired) electrons. The van der Waals surface area contributed by atoms with Gasteiger partial charge < -0.3 is 10.1 Å². The Morgan fingerprint density at radius 3 is 2.84 bits per heavy atom. The molecule has 3 heteroatoms. The molecule has 3 aliphatic rings. The van der Waals surface area contributed by atoms with Gasteiger partial charge in [0.1, 0.15) is 0 Å². The zero-order valence-electron chi connectivity index (χ0n) is 12.5. The maximum atomic E-state index is 5.61. The molecule has 3 fully saturated rings. The third kappa shape index (κ3) is 3.14. The number of rotatable bonds is 2. The molecule has 0 amide bonds. The molecule has 2 heterocycles. The van der Waals surface area contributed by atoms with Gasteiger partial charge in [-0.2, -0.15) is 0 Å². The van der Waals surface area contributed by atoms with Crippen molar-refractivity contribution in [3.63, 3.8) is 0 Å². The van der Waals surface area contributed by atoms with Crippen molar-refractivity contribution in [3.05, 3.63) is 0 Å². The minimum atomic E-state index is 0.515. The summed E-state index contributed by atoms with van der Waals surface area (Å²) in [6.45, 7) is 5.14. The fraction of sp³-hybridized carbons (Fsp3) is 1.00. The van der Waals surface area contributed by atoms with Gasteiger partial charge in [-0.05, 0) is 69.9 Å². The average molecular weight is 266 g/mol. The first-order chi connectivity index (χ1) is 9.31. The van der Waals surface area contributed by atoms with Crippen LogP contribution < -0.4 is 5.32 Å². The fourth-order valence-corrected chi connectivity index (χ4v) is 4.60. The Balaban J connectivity index is 1.61. The summed E-state index contributed by atoms with van der Waals surface area (Å²) in [7, 11) is 1.88. The average Bonchev–Trinajstić information content (AvgIpc) is 2.48. The highest BCUT2D eigenvalue weighted by molar-refractivity contribution is 4.94. The van der Waals surface area contributed by atoms with Crippen molar-refractivity contribution in [2.45, 2.75) is 63.5 Å². The van der Waals surface area contributed by atoms with Crippen LogP contribution in [0.4, 0.5) is 0 Å². The third-order valence-electron chi connectivity index (χ3n) is 5.70. The normalized spacial score (nSPS) is 41.5. The molecule has 3 unspecified atom stereocenters. The number of hydrogen-bond acceptors (Lipinski definition) is 3. The van der Waals surface area contributed by atoms with E-state index < -0.39 is 0 Å². The van der Waals surface area contributed by atoms with Crippen molar-refractivity contribution >= 4 is 0 Å². The number of piperidine rings is 2. The highest BCUT2D eigenvalue weighted by Crippen LogP contribution is 2.38. The molecule has 2 aliphatic heterocycles. The van der Waals surface area contributed by atoms with Gasteiger partial charge in [0.15, 0.2) is 0 Å². The van der Waals surface area contributed by atoms with Gasteiger partial charge in [0.2, 0.25) is 0 Å². The molecule has 110 valence electrons. The van der Waals surface area contributed by atoms with Gasteiger partial charge in [0.25, 0.3) is 0 Å². The topological polar surface area (TPSA) is 24.5 Å². The number of nitrogens with one attached hydrogen (secondary N) is 1. The first-order valence-corrected chi connectivity index (χ1v) is 8.29. The van der Waals surface area contributed by atoms with E-state index in [2.05, 4.69) is 10.2 Å². The van der Waals surface area contributed by atoms with Crippen molar-refractivity contribution in [2.75, 3.05) is 33.3 Å². The SMILES string of the molecule is COC1CCCC(N2CCCC3(CCCNC3)C2)C1. The third-order valence-corrected chi connectivity index (χ3v) is 5.70.